The van der Waals surface area contributed by atoms with E-state index in [1.165, 1.54) is 6.42 Å². The van der Waals surface area contributed by atoms with Crippen LogP contribution in [-0.2, 0) is 0 Å². The molecule has 1 aliphatic rings. The molecule has 1 aliphatic heterocycles. The van der Waals surface area contributed by atoms with E-state index in [1.807, 2.05) is 4.90 Å². The Morgan fingerprint density at radius 1 is 1.38 bits per heavy atom. The van der Waals surface area contributed by atoms with Crippen LogP contribution in [0.3, 0.4) is 0 Å². The Labute approximate surface area is 80.3 Å². The van der Waals surface area contributed by atoms with Crippen LogP contribution >= 0.6 is 0 Å². The lowest BCUT2D eigenvalue weighted by Gasteiger charge is -2.45. The molecule has 0 aromatic heterocycles. The summed E-state index contributed by atoms with van der Waals surface area (Å²) >= 11 is 0. The third kappa shape index (κ3) is 1.79. The molecule has 0 radical (unpaired) electrons. The average molecular weight is 184 g/mol. The van der Waals surface area contributed by atoms with Crippen LogP contribution in [0.25, 0.3) is 0 Å². The molecule has 0 bridgehead atoms. The number of hydrogen-bond donors (Lipinski definition) is 1. The first-order valence-electron chi connectivity index (χ1n) is 5.23. The summed E-state index contributed by atoms with van der Waals surface area (Å²) in [5.74, 6) is 0. The molecule has 76 valence electrons. The SMILES string of the molecule is CCC1(CC)CCCCN1C(N)=O. The Morgan fingerprint density at radius 2 is 2.00 bits per heavy atom. The number of rotatable bonds is 2. The molecule has 3 heteroatoms. The Kier molecular flexibility index (Phi) is 3.17. The van der Waals surface area contributed by atoms with Crippen molar-refractivity contribution >= 4 is 6.03 Å². The summed E-state index contributed by atoms with van der Waals surface area (Å²) in [5.41, 5.74) is 5.44. The molecule has 0 saturated carbocycles. The molecule has 1 rings (SSSR count). The minimum absolute atomic E-state index is 0.0596. The number of primary amides is 1. The van der Waals surface area contributed by atoms with Crippen LogP contribution in [0.2, 0.25) is 0 Å². The van der Waals surface area contributed by atoms with Crippen LogP contribution in [0.15, 0.2) is 0 Å². The molecule has 2 N–H and O–H groups in total. The highest BCUT2D eigenvalue weighted by molar-refractivity contribution is 5.73. The normalized spacial score (nSPS) is 21.5. The van der Waals surface area contributed by atoms with Gasteiger partial charge in [-0.15, -0.1) is 0 Å². The summed E-state index contributed by atoms with van der Waals surface area (Å²) in [6.45, 7) is 5.13. The lowest BCUT2D eigenvalue weighted by atomic mass is 9.82. The fourth-order valence-corrected chi connectivity index (χ4v) is 2.43. The van der Waals surface area contributed by atoms with Crippen molar-refractivity contribution in [2.24, 2.45) is 5.73 Å². The van der Waals surface area contributed by atoms with Crippen molar-refractivity contribution in [3.05, 3.63) is 0 Å². The van der Waals surface area contributed by atoms with Gasteiger partial charge < -0.3 is 10.6 Å². The zero-order valence-electron chi connectivity index (χ0n) is 8.68. The number of nitrogens with two attached hydrogens (primary N) is 1. The van der Waals surface area contributed by atoms with Crippen LogP contribution in [0.1, 0.15) is 46.0 Å². The number of likely N-dealkylation sites (tertiary alicyclic amines) is 1. The van der Waals surface area contributed by atoms with Crippen LogP contribution in [0.4, 0.5) is 4.79 Å². The van der Waals surface area contributed by atoms with Gasteiger partial charge >= 0.3 is 6.03 Å². The first-order valence-corrected chi connectivity index (χ1v) is 5.23. The highest BCUT2D eigenvalue weighted by Crippen LogP contribution is 2.33. The van der Waals surface area contributed by atoms with E-state index in [0.717, 1.165) is 32.2 Å². The van der Waals surface area contributed by atoms with E-state index in [1.54, 1.807) is 0 Å². The predicted molar refractivity (Wildman–Crippen MR) is 53.5 cm³/mol. The number of nitrogens with zero attached hydrogens (tertiary/aromatic N) is 1. The van der Waals surface area contributed by atoms with E-state index in [0.29, 0.717) is 0 Å². The maximum Gasteiger partial charge on any atom is 0.315 e. The molecule has 13 heavy (non-hydrogen) atoms. The molecule has 3 nitrogen and oxygen atoms in total. The van der Waals surface area contributed by atoms with Gasteiger partial charge in [-0.3, -0.25) is 0 Å². The number of amides is 2. The molecule has 0 aromatic rings. The van der Waals surface area contributed by atoms with Gasteiger partial charge in [-0.1, -0.05) is 13.8 Å². The third-order valence-electron chi connectivity index (χ3n) is 3.43. The second-order valence-corrected chi connectivity index (χ2v) is 3.88. The second-order valence-electron chi connectivity index (χ2n) is 3.88. The van der Waals surface area contributed by atoms with Gasteiger partial charge in [0.2, 0.25) is 0 Å². The standard InChI is InChI=1S/C10H20N2O/c1-3-10(4-2)7-5-6-8-12(10)9(11)13/h3-8H2,1-2H3,(H2,11,13). The summed E-state index contributed by atoms with van der Waals surface area (Å²) in [5, 5.41) is 0. The summed E-state index contributed by atoms with van der Waals surface area (Å²) < 4.78 is 0. The molecule has 0 atom stereocenters. The van der Waals surface area contributed by atoms with E-state index in [-0.39, 0.29) is 11.6 Å². The number of piperidine rings is 1. The average Bonchev–Trinajstić information content (AvgIpc) is 2.17. The van der Waals surface area contributed by atoms with Crippen molar-refractivity contribution in [3.8, 4) is 0 Å². The maximum absolute atomic E-state index is 11.2. The second kappa shape index (κ2) is 3.99. The molecular weight excluding hydrogens is 164 g/mol. The van der Waals surface area contributed by atoms with Crippen molar-refractivity contribution in [1.82, 2.24) is 4.90 Å². The van der Waals surface area contributed by atoms with Crippen LogP contribution in [0, 0.1) is 0 Å². The van der Waals surface area contributed by atoms with Gasteiger partial charge in [0.25, 0.3) is 0 Å². The largest absolute Gasteiger partial charge is 0.351 e. The Balaban J connectivity index is 2.81. The molecule has 0 spiro atoms. The Morgan fingerprint density at radius 3 is 2.38 bits per heavy atom. The minimum atomic E-state index is -0.247. The fourth-order valence-electron chi connectivity index (χ4n) is 2.43. The topological polar surface area (TPSA) is 46.3 Å². The maximum atomic E-state index is 11.2. The molecule has 1 saturated heterocycles. The number of carbonyl (C=O) groups is 1. The summed E-state index contributed by atoms with van der Waals surface area (Å²) in [6.07, 6.45) is 5.48. The van der Waals surface area contributed by atoms with Crippen molar-refractivity contribution in [2.75, 3.05) is 6.54 Å². The van der Waals surface area contributed by atoms with Gasteiger partial charge in [0, 0.05) is 12.1 Å². The Hall–Kier alpha value is -0.730. The number of urea groups is 1. The molecule has 0 aliphatic carbocycles. The summed E-state index contributed by atoms with van der Waals surface area (Å²) in [4.78, 5) is 13.1. The van der Waals surface area contributed by atoms with Crippen LogP contribution < -0.4 is 5.73 Å². The third-order valence-corrected chi connectivity index (χ3v) is 3.43. The van der Waals surface area contributed by atoms with E-state index in [2.05, 4.69) is 13.8 Å². The van der Waals surface area contributed by atoms with Crippen molar-refractivity contribution < 1.29 is 4.79 Å². The number of carbonyl (C=O) groups excluding carboxylic acids is 1. The first kappa shape index (κ1) is 10.4. The van der Waals surface area contributed by atoms with Crippen molar-refractivity contribution in [3.63, 3.8) is 0 Å². The molecule has 1 heterocycles. The molecular formula is C10H20N2O. The van der Waals surface area contributed by atoms with E-state index in [4.69, 9.17) is 5.73 Å². The van der Waals surface area contributed by atoms with Crippen LogP contribution in [0.5, 0.6) is 0 Å². The van der Waals surface area contributed by atoms with E-state index >= 15 is 0 Å². The van der Waals surface area contributed by atoms with Gasteiger partial charge in [-0.25, -0.2) is 4.79 Å². The van der Waals surface area contributed by atoms with Crippen LogP contribution in [-0.4, -0.2) is 23.0 Å². The summed E-state index contributed by atoms with van der Waals surface area (Å²) in [6, 6.07) is -0.247. The first-order chi connectivity index (χ1) is 6.16. The van der Waals surface area contributed by atoms with Gasteiger partial charge in [0.1, 0.15) is 0 Å². The zero-order valence-corrected chi connectivity index (χ0v) is 8.68. The lowest BCUT2D eigenvalue weighted by molar-refractivity contribution is 0.0739. The molecule has 2 amide bonds. The molecule has 0 unspecified atom stereocenters. The smallest absolute Gasteiger partial charge is 0.315 e. The van der Waals surface area contributed by atoms with Gasteiger partial charge in [-0.2, -0.15) is 0 Å². The molecule has 0 aromatic carbocycles. The fraction of sp³-hybridized carbons (Fsp3) is 0.900. The quantitative estimate of drug-likeness (QED) is 0.702. The monoisotopic (exact) mass is 184 g/mol. The van der Waals surface area contributed by atoms with Gasteiger partial charge in [0.15, 0.2) is 0 Å². The highest BCUT2D eigenvalue weighted by Gasteiger charge is 2.37. The molecule has 1 fully saturated rings. The van der Waals surface area contributed by atoms with Crippen molar-refractivity contribution in [2.45, 2.75) is 51.5 Å². The van der Waals surface area contributed by atoms with E-state index in [9.17, 15) is 4.79 Å². The lowest BCUT2D eigenvalue weighted by Crippen LogP contribution is -2.55. The van der Waals surface area contributed by atoms with Crippen molar-refractivity contribution in [1.29, 1.82) is 0 Å². The van der Waals surface area contributed by atoms with Gasteiger partial charge in [0.05, 0.1) is 0 Å². The predicted octanol–water partition coefficient (Wildman–Crippen LogP) is 2.11. The number of hydrogen-bond acceptors (Lipinski definition) is 1. The highest BCUT2D eigenvalue weighted by atomic mass is 16.2. The summed E-state index contributed by atoms with van der Waals surface area (Å²) in [7, 11) is 0. The Bertz CT molecular complexity index is 187. The zero-order chi connectivity index (χ0) is 9.90. The van der Waals surface area contributed by atoms with Gasteiger partial charge in [-0.05, 0) is 32.1 Å². The van der Waals surface area contributed by atoms with E-state index < -0.39 is 0 Å². The minimum Gasteiger partial charge on any atom is -0.351 e.